The van der Waals surface area contributed by atoms with Gasteiger partial charge in [-0.2, -0.15) is 10.1 Å². The van der Waals surface area contributed by atoms with Crippen LogP contribution in [0, 0.1) is 25.5 Å². The van der Waals surface area contributed by atoms with Gasteiger partial charge in [0.2, 0.25) is 17.7 Å². The Bertz CT molecular complexity index is 1680. The molecule has 40 heavy (non-hydrogen) atoms. The molecule has 1 fully saturated rings. The lowest BCUT2D eigenvalue weighted by Gasteiger charge is -2.38. The average molecular weight is 569 g/mol. The van der Waals surface area contributed by atoms with Gasteiger partial charge in [0, 0.05) is 30.9 Å². The fourth-order valence-electron chi connectivity index (χ4n) is 4.42. The van der Waals surface area contributed by atoms with Gasteiger partial charge < -0.3 is 9.64 Å². The van der Waals surface area contributed by atoms with Crippen LogP contribution in [0.25, 0.3) is 11.3 Å². The topological polar surface area (TPSA) is 119 Å². The fraction of sp³-hybridized carbons (Fsp3) is 0.259. The zero-order valence-electron chi connectivity index (χ0n) is 21.9. The number of rotatable bonds is 8. The Morgan fingerprint density at radius 3 is 2.48 bits per heavy atom. The Balaban J connectivity index is 1.35. The molecule has 10 nitrogen and oxygen atoms in total. The van der Waals surface area contributed by atoms with Crippen molar-refractivity contribution >= 4 is 21.9 Å². The number of likely N-dealkylation sites (tertiary alicyclic amines) is 1. The minimum atomic E-state index is -4.03. The molecule has 3 heterocycles. The summed E-state index contributed by atoms with van der Waals surface area (Å²) in [6.07, 6.45) is 1.94. The summed E-state index contributed by atoms with van der Waals surface area (Å²) in [7, 11) is -2.42. The van der Waals surface area contributed by atoms with E-state index in [2.05, 4.69) is 19.8 Å². The molecular formula is C27H26F2N6O4S. The van der Waals surface area contributed by atoms with Gasteiger partial charge >= 0.3 is 0 Å². The number of ether oxygens (including phenoxy) is 1. The number of amides is 1. The van der Waals surface area contributed by atoms with Crippen molar-refractivity contribution in [2.45, 2.75) is 31.3 Å². The summed E-state index contributed by atoms with van der Waals surface area (Å²) in [4.78, 5) is 22.8. The van der Waals surface area contributed by atoms with Crippen LogP contribution in [0.1, 0.15) is 16.7 Å². The van der Waals surface area contributed by atoms with E-state index in [-0.39, 0.29) is 47.7 Å². The molecule has 0 bridgehead atoms. The maximum Gasteiger partial charge on any atom is 0.267 e. The molecule has 208 valence electrons. The van der Waals surface area contributed by atoms with E-state index in [4.69, 9.17) is 4.74 Å². The number of sulfonamides is 1. The summed E-state index contributed by atoms with van der Waals surface area (Å²) in [6, 6.07) is 10.5. The number of benzene rings is 2. The highest BCUT2D eigenvalue weighted by Crippen LogP contribution is 2.30. The minimum Gasteiger partial charge on any atom is -0.470 e. The molecule has 0 aliphatic carbocycles. The highest BCUT2D eigenvalue weighted by molar-refractivity contribution is 7.92. The Kier molecular flexibility index (Phi) is 7.23. The van der Waals surface area contributed by atoms with Crippen LogP contribution in [0.5, 0.6) is 5.88 Å². The Labute approximate surface area is 229 Å². The fourth-order valence-corrected chi connectivity index (χ4v) is 5.35. The monoisotopic (exact) mass is 568 g/mol. The molecule has 1 saturated heterocycles. The first-order chi connectivity index (χ1) is 19.0. The van der Waals surface area contributed by atoms with E-state index in [1.54, 1.807) is 13.1 Å². The second-order valence-corrected chi connectivity index (χ2v) is 11.3. The summed E-state index contributed by atoms with van der Waals surface area (Å²) in [5.74, 6) is -1.87. The molecule has 2 aromatic heterocycles. The number of nitrogens with zero attached hydrogens (tertiary/aromatic N) is 5. The van der Waals surface area contributed by atoms with Crippen molar-refractivity contribution in [3.8, 4) is 17.1 Å². The number of hydrogen-bond acceptors (Lipinski definition) is 7. The van der Waals surface area contributed by atoms with Crippen molar-refractivity contribution < 1.29 is 26.7 Å². The van der Waals surface area contributed by atoms with Crippen molar-refractivity contribution in [2.24, 2.45) is 7.05 Å². The molecule has 13 heteroatoms. The van der Waals surface area contributed by atoms with E-state index in [0.717, 1.165) is 28.8 Å². The van der Waals surface area contributed by atoms with Gasteiger partial charge in [-0.05, 0) is 36.6 Å². The van der Waals surface area contributed by atoms with E-state index < -0.39 is 27.8 Å². The zero-order chi connectivity index (χ0) is 28.6. The molecule has 1 amide bonds. The van der Waals surface area contributed by atoms with Crippen LogP contribution in [-0.2, 0) is 28.3 Å². The third-order valence-electron chi connectivity index (χ3n) is 6.50. The highest BCUT2D eigenvalue weighted by Gasteiger charge is 2.33. The predicted molar refractivity (Wildman–Crippen MR) is 142 cm³/mol. The lowest BCUT2D eigenvalue weighted by Crippen LogP contribution is -2.56. The number of aryl methyl sites for hydroxylation is 3. The molecule has 1 N–H and O–H groups in total. The first kappa shape index (κ1) is 27.2. The molecule has 5 rings (SSSR count). The first-order valence-corrected chi connectivity index (χ1v) is 13.8. The molecule has 0 atom stereocenters. The number of hydrogen-bond donors (Lipinski definition) is 1. The summed E-state index contributed by atoms with van der Waals surface area (Å²) in [5, 5.41) is 3.91. The second kappa shape index (κ2) is 10.6. The van der Waals surface area contributed by atoms with Gasteiger partial charge in [0.15, 0.2) is 0 Å². The highest BCUT2D eigenvalue weighted by atomic mass is 32.2. The van der Waals surface area contributed by atoms with E-state index in [9.17, 15) is 22.0 Å². The maximum atomic E-state index is 14.0. The number of nitrogens with one attached hydrogen (secondary N) is 1. The molecule has 0 spiro atoms. The van der Waals surface area contributed by atoms with Crippen molar-refractivity contribution in [1.29, 1.82) is 0 Å². The van der Waals surface area contributed by atoms with Gasteiger partial charge in [-0.15, -0.1) is 0 Å². The van der Waals surface area contributed by atoms with E-state index >= 15 is 0 Å². The van der Waals surface area contributed by atoms with E-state index in [1.165, 1.54) is 28.0 Å². The molecule has 4 aromatic rings. The van der Waals surface area contributed by atoms with Gasteiger partial charge in [0.05, 0.1) is 31.4 Å². The van der Waals surface area contributed by atoms with Crippen molar-refractivity contribution in [2.75, 3.05) is 17.8 Å². The Morgan fingerprint density at radius 1 is 1.10 bits per heavy atom. The van der Waals surface area contributed by atoms with Crippen molar-refractivity contribution in [1.82, 2.24) is 24.6 Å². The van der Waals surface area contributed by atoms with Crippen LogP contribution in [-0.4, -0.2) is 58.2 Å². The Hall–Kier alpha value is -4.39. The van der Waals surface area contributed by atoms with E-state index in [1.807, 2.05) is 32.0 Å². The normalized spacial score (nSPS) is 13.7. The largest absolute Gasteiger partial charge is 0.470 e. The summed E-state index contributed by atoms with van der Waals surface area (Å²) < 4.78 is 62.8. The van der Waals surface area contributed by atoms with Crippen LogP contribution in [0.3, 0.4) is 0 Å². The average Bonchev–Trinajstić information content (AvgIpc) is 3.30. The van der Waals surface area contributed by atoms with Crippen LogP contribution < -0.4 is 9.46 Å². The van der Waals surface area contributed by atoms with Gasteiger partial charge in [0.1, 0.15) is 22.6 Å². The second-order valence-electron chi connectivity index (χ2n) is 9.59. The summed E-state index contributed by atoms with van der Waals surface area (Å²) in [5.41, 5.74) is 3.24. The van der Waals surface area contributed by atoms with Gasteiger partial charge in [-0.25, -0.2) is 26.9 Å². The van der Waals surface area contributed by atoms with Crippen LogP contribution in [0.15, 0.2) is 59.8 Å². The van der Waals surface area contributed by atoms with Crippen LogP contribution >= 0.6 is 0 Å². The lowest BCUT2D eigenvalue weighted by molar-refractivity contribution is -0.139. The smallest absolute Gasteiger partial charge is 0.267 e. The van der Waals surface area contributed by atoms with Crippen molar-refractivity contribution in [3.05, 3.63) is 83.2 Å². The SMILES string of the molecule is Cc1cccc(C)c1-c1cc(OC2CN(C(=O)Cc3ccc(F)cc3F)C2)nc(NS(=O)(=O)c2cnn(C)c2)n1. The lowest BCUT2D eigenvalue weighted by atomic mass is 10.00. The van der Waals surface area contributed by atoms with Crippen molar-refractivity contribution in [3.63, 3.8) is 0 Å². The maximum absolute atomic E-state index is 14.0. The summed E-state index contributed by atoms with van der Waals surface area (Å²) in [6.45, 7) is 4.29. The van der Waals surface area contributed by atoms with Crippen LogP contribution in [0.4, 0.5) is 14.7 Å². The third-order valence-corrected chi connectivity index (χ3v) is 7.78. The molecule has 0 saturated carbocycles. The number of carbonyl (C=O) groups is 1. The molecule has 0 radical (unpaired) electrons. The van der Waals surface area contributed by atoms with Gasteiger partial charge in [0.25, 0.3) is 10.0 Å². The first-order valence-electron chi connectivity index (χ1n) is 12.3. The molecule has 1 aliphatic heterocycles. The number of carbonyl (C=O) groups excluding carboxylic acids is 1. The predicted octanol–water partition coefficient (Wildman–Crippen LogP) is 3.41. The minimum absolute atomic E-state index is 0.0516. The number of aromatic nitrogens is 4. The van der Waals surface area contributed by atoms with E-state index in [0.29, 0.717) is 5.69 Å². The van der Waals surface area contributed by atoms with Crippen LogP contribution in [0.2, 0.25) is 0 Å². The molecule has 0 unspecified atom stereocenters. The molecule has 2 aromatic carbocycles. The van der Waals surface area contributed by atoms with Gasteiger partial charge in [-0.3, -0.25) is 9.48 Å². The number of halogens is 2. The third kappa shape index (κ3) is 5.78. The Morgan fingerprint density at radius 2 is 1.82 bits per heavy atom. The quantitative estimate of drug-likeness (QED) is 0.346. The van der Waals surface area contributed by atoms with Gasteiger partial charge in [-0.1, -0.05) is 24.3 Å². The zero-order valence-corrected chi connectivity index (χ0v) is 22.7. The summed E-state index contributed by atoms with van der Waals surface area (Å²) >= 11 is 0. The molecule has 1 aliphatic rings. The molecular weight excluding hydrogens is 542 g/mol. The number of anilines is 1. The standard InChI is InChI=1S/C27H26F2N6O4S/c1-16-5-4-6-17(2)26(16)23-11-24(32-27(31-23)33-40(37,38)21-12-30-34(3)15-21)39-20-13-35(14-20)25(36)9-18-7-8-19(28)10-22(18)29/h4-8,10-12,15,20H,9,13-14H2,1-3H3,(H,31,32,33).